The molecule has 0 radical (unpaired) electrons. The van der Waals surface area contributed by atoms with E-state index in [9.17, 15) is 4.79 Å². The van der Waals surface area contributed by atoms with E-state index in [4.69, 9.17) is 9.84 Å². The van der Waals surface area contributed by atoms with Crippen molar-refractivity contribution in [3.05, 3.63) is 12.2 Å². The number of ether oxygens (including phenoxy) is 1. The Balaban J connectivity index is 2.53. The first-order valence-corrected chi connectivity index (χ1v) is 5.18. The third-order valence-corrected chi connectivity index (χ3v) is 2.43. The maximum Gasteiger partial charge on any atom is 0.332 e. The molecule has 0 amide bonds. The van der Waals surface area contributed by atoms with E-state index in [0.717, 1.165) is 26.1 Å². The molecule has 0 bridgehead atoms. The van der Waals surface area contributed by atoms with E-state index in [-0.39, 0.29) is 11.2 Å². The molecule has 0 spiro atoms. The molecule has 0 aromatic rings. The van der Waals surface area contributed by atoms with Crippen LogP contribution in [0.2, 0.25) is 0 Å². The highest BCUT2D eigenvalue weighted by molar-refractivity contribution is 5.86. The van der Waals surface area contributed by atoms with Crippen molar-refractivity contribution in [3.63, 3.8) is 0 Å². The first-order valence-electron chi connectivity index (χ1n) is 5.18. The molecule has 0 aliphatic carbocycles. The monoisotopic (exact) mass is 213 g/mol. The summed E-state index contributed by atoms with van der Waals surface area (Å²) >= 11 is 0. The summed E-state index contributed by atoms with van der Waals surface area (Å²) in [5.41, 5.74) is 0.0441. The zero-order chi connectivity index (χ0) is 11.5. The Morgan fingerprint density at radius 2 is 2.27 bits per heavy atom. The van der Waals surface area contributed by atoms with E-state index in [1.807, 2.05) is 13.8 Å². The first-order chi connectivity index (χ1) is 6.91. The number of rotatable bonds is 3. The van der Waals surface area contributed by atoms with Crippen LogP contribution in [0.3, 0.4) is 0 Å². The smallest absolute Gasteiger partial charge is 0.332 e. The highest BCUT2D eigenvalue weighted by Gasteiger charge is 2.26. The molecule has 0 atom stereocenters. The molecule has 1 rings (SSSR count). The van der Waals surface area contributed by atoms with E-state index in [1.54, 1.807) is 0 Å². The zero-order valence-corrected chi connectivity index (χ0v) is 9.45. The van der Waals surface area contributed by atoms with E-state index in [2.05, 4.69) is 11.5 Å². The second kappa shape index (κ2) is 4.77. The predicted octanol–water partition coefficient (Wildman–Crippen LogP) is 1.13. The number of carboxylic acids is 1. The molecule has 0 unspecified atom stereocenters. The lowest BCUT2D eigenvalue weighted by molar-refractivity contribution is -0.133. The minimum absolute atomic E-state index is 0.199. The average molecular weight is 213 g/mol. The summed E-state index contributed by atoms with van der Waals surface area (Å²) in [6, 6.07) is 0. The summed E-state index contributed by atoms with van der Waals surface area (Å²) in [7, 11) is 0. The van der Waals surface area contributed by atoms with Gasteiger partial charge in [-0.1, -0.05) is 6.58 Å². The molecule has 1 aliphatic heterocycles. The van der Waals surface area contributed by atoms with Gasteiger partial charge in [0, 0.05) is 31.8 Å². The van der Waals surface area contributed by atoms with Gasteiger partial charge in [0.15, 0.2) is 0 Å². The predicted molar refractivity (Wildman–Crippen MR) is 57.9 cm³/mol. The summed E-state index contributed by atoms with van der Waals surface area (Å²) in [5.74, 6) is -0.919. The maximum absolute atomic E-state index is 10.7. The van der Waals surface area contributed by atoms with Crippen molar-refractivity contribution in [1.82, 2.24) is 4.90 Å². The lowest BCUT2D eigenvalue weighted by Gasteiger charge is -2.28. The van der Waals surface area contributed by atoms with E-state index in [0.29, 0.717) is 6.54 Å². The van der Waals surface area contributed by atoms with Crippen molar-refractivity contribution in [2.75, 3.05) is 26.2 Å². The SMILES string of the molecule is C=C(CN1CCCOC(C)(C)C1)C(=O)O. The zero-order valence-electron chi connectivity index (χ0n) is 9.45. The highest BCUT2D eigenvalue weighted by atomic mass is 16.5. The fourth-order valence-electron chi connectivity index (χ4n) is 1.77. The minimum atomic E-state index is -0.919. The Morgan fingerprint density at radius 1 is 1.60 bits per heavy atom. The van der Waals surface area contributed by atoms with Crippen LogP contribution in [-0.4, -0.2) is 47.8 Å². The molecule has 1 saturated heterocycles. The Labute approximate surface area is 90.5 Å². The number of aliphatic carboxylic acids is 1. The van der Waals surface area contributed by atoms with Crippen molar-refractivity contribution >= 4 is 5.97 Å². The van der Waals surface area contributed by atoms with Gasteiger partial charge in [0.1, 0.15) is 0 Å². The number of carboxylic acid groups (broad SMARTS) is 1. The van der Waals surface area contributed by atoms with Crippen molar-refractivity contribution < 1.29 is 14.6 Å². The van der Waals surface area contributed by atoms with Crippen LogP contribution in [0.25, 0.3) is 0 Å². The molecule has 1 N–H and O–H groups in total. The summed E-state index contributed by atoms with van der Waals surface area (Å²) in [6.45, 7) is 10.4. The second-order valence-electron chi connectivity index (χ2n) is 4.58. The van der Waals surface area contributed by atoms with Gasteiger partial charge >= 0.3 is 5.97 Å². The summed E-state index contributed by atoms with van der Waals surface area (Å²) in [5, 5.41) is 8.76. The largest absolute Gasteiger partial charge is 0.478 e. The maximum atomic E-state index is 10.7. The fraction of sp³-hybridized carbons (Fsp3) is 0.727. The Morgan fingerprint density at radius 3 is 2.87 bits per heavy atom. The van der Waals surface area contributed by atoms with Crippen LogP contribution in [0, 0.1) is 0 Å². The third-order valence-electron chi connectivity index (χ3n) is 2.43. The van der Waals surface area contributed by atoms with Gasteiger partial charge in [0.2, 0.25) is 0 Å². The van der Waals surface area contributed by atoms with Crippen LogP contribution in [0.15, 0.2) is 12.2 Å². The van der Waals surface area contributed by atoms with Gasteiger partial charge in [-0.3, -0.25) is 4.90 Å². The number of hydrogen-bond acceptors (Lipinski definition) is 3. The quantitative estimate of drug-likeness (QED) is 0.714. The number of carbonyl (C=O) groups is 1. The number of nitrogens with zero attached hydrogens (tertiary/aromatic N) is 1. The van der Waals surface area contributed by atoms with Crippen LogP contribution in [0.1, 0.15) is 20.3 Å². The fourth-order valence-corrected chi connectivity index (χ4v) is 1.77. The van der Waals surface area contributed by atoms with Gasteiger partial charge in [-0.25, -0.2) is 4.79 Å². The van der Waals surface area contributed by atoms with Gasteiger partial charge in [0.05, 0.1) is 5.60 Å². The van der Waals surface area contributed by atoms with Crippen LogP contribution < -0.4 is 0 Å². The Hall–Kier alpha value is -0.870. The van der Waals surface area contributed by atoms with E-state index >= 15 is 0 Å². The molecule has 15 heavy (non-hydrogen) atoms. The molecule has 4 heteroatoms. The van der Waals surface area contributed by atoms with Gasteiger partial charge < -0.3 is 9.84 Å². The van der Waals surface area contributed by atoms with Crippen LogP contribution in [0.4, 0.5) is 0 Å². The van der Waals surface area contributed by atoms with Crippen molar-refractivity contribution in [1.29, 1.82) is 0 Å². The minimum Gasteiger partial charge on any atom is -0.478 e. The summed E-state index contributed by atoms with van der Waals surface area (Å²) in [6.07, 6.45) is 0.941. The van der Waals surface area contributed by atoms with Crippen molar-refractivity contribution in [2.45, 2.75) is 25.9 Å². The van der Waals surface area contributed by atoms with Crippen molar-refractivity contribution in [2.24, 2.45) is 0 Å². The second-order valence-corrected chi connectivity index (χ2v) is 4.58. The molecule has 1 heterocycles. The van der Waals surface area contributed by atoms with Gasteiger partial charge in [-0.2, -0.15) is 0 Å². The molecule has 1 fully saturated rings. The van der Waals surface area contributed by atoms with E-state index in [1.165, 1.54) is 0 Å². The molecule has 86 valence electrons. The lowest BCUT2D eigenvalue weighted by atomic mass is 10.1. The van der Waals surface area contributed by atoms with Crippen LogP contribution in [0.5, 0.6) is 0 Å². The molecule has 0 saturated carbocycles. The van der Waals surface area contributed by atoms with Crippen molar-refractivity contribution in [3.8, 4) is 0 Å². The number of hydrogen-bond donors (Lipinski definition) is 1. The molecule has 1 aliphatic rings. The highest BCUT2D eigenvalue weighted by Crippen LogP contribution is 2.16. The molecular weight excluding hydrogens is 194 g/mol. The standard InChI is InChI=1S/C11H19NO3/c1-9(10(13)14)7-12-5-4-6-15-11(2,3)8-12/h1,4-8H2,2-3H3,(H,13,14). The average Bonchev–Trinajstić information content (AvgIpc) is 2.26. The van der Waals surface area contributed by atoms with Crippen LogP contribution in [-0.2, 0) is 9.53 Å². The molecule has 0 aromatic carbocycles. The third kappa shape index (κ3) is 4.01. The molecule has 0 aromatic heterocycles. The topological polar surface area (TPSA) is 49.8 Å². The first kappa shape index (κ1) is 12.2. The summed E-state index contributed by atoms with van der Waals surface area (Å²) in [4.78, 5) is 12.7. The Kier molecular flexibility index (Phi) is 3.88. The normalized spacial score (nSPS) is 22.0. The molecule has 4 nitrogen and oxygen atoms in total. The van der Waals surface area contributed by atoms with Gasteiger partial charge in [0.25, 0.3) is 0 Å². The van der Waals surface area contributed by atoms with E-state index < -0.39 is 5.97 Å². The lowest BCUT2D eigenvalue weighted by Crippen LogP contribution is -2.39. The van der Waals surface area contributed by atoms with Gasteiger partial charge in [-0.05, 0) is 20.3 Å². The Bertz CT molecular complexity index is 261. The van der Waals surface area contributed by atoms with Crippen LogP contribution >= 0.6 is 0 Å². The van der Waals surface area contributed by atoms with Gasteiger partial charge in [-0.15, -0.1) is 0 Å². The molecular formula is C11H19NO3. The summed E-state index contributed by atoms with van der Waals surface area (Å²) < 4.78 is 5.64.